The van der Waals surface area contributed by atoms with E-state index in [1.165, 1.54) is 0 Å². The molecule has 1 fully saturated rings. The second-order valence-corrected chi connectivity index (χ2v) is 7.08. The molecule has 0 unspecified atom stereocenters. The van der Waals surface area contributed by atoms with Gasteiger partial charge in [-0.3, -0.25) is 4.79 Å². The summed E-state index contributed by atoms with van der Waals surface area (Å²) in [6, 6.07) is 5.58. The van der Waals surface area contributed by atoms with Crippen molar-refractivity contribution < 1.29 is 24.6 Å². The zero-order valence-corrected chi connectivity index (χ0v) is 16.9. The number of nitrogens with one attached hydrogen (secondary N) is 2. The molecule has 0 radical (unpaired) electrons. The molecular weight excluding hydrogens is 392 g/mol. The maximum Gasteiger partial charge on any atom is 0.328 e. The number of carboxylic acids is 2. The number of aromatic nitrogens is 2. The SMILES string of the molecule is CC(C)(CNc1cccnn1)NCC(=O)N1CCC[C@H]1C#N.O=C(O)/C=C/C(=O)O. The third-order valence-electron chi connectivity index (χ3n) is 4.09. The van der Waals surface area contributed by atoms with E-state index in [4.69, 9.17) is 15.5 Å². The molecule has 11 nitrogen and oxygen atoms in total. The lowest BCUT2D eigenvalue weighted by Gasteiger charge is -2.28. The second-order valence-electron chi connectivity index (χ2n) is 7.08. The molecule has 0 aliphatic carbocycles. The van der Waals surface area contributed by atoms with Crippen LogP contribution < -0.4 is 10.6 Å². The number of carbonyl (C=O) groups is 3. The molecule has 0 saturated carbocycles. The molecule has 0 aromatic carbocycles. The number of nitriles is 1. The average Bonchev–Trinajstić information content (AvgIpc) is 3.19. The summed E-state index contributed by atoms with van der Waals surface area (Å²) in [6.07, 6.45) is 4.42. The number of likely N-dealkylation sites (tertiary alicyclic amines) is 1. The first-order valence-electron chi connectivity index (χ1n) is 9.24. The minimum Gasteiger partial charge on any atom is -0.478 e. The van der Waals surface area contributed by atoms with Crippen molar-refractivity contribution >= 4 is 23.7 Å². The molecule has 0 spiro atoms. The Bertz CT molecular complexity index is 774. The second kappa shape index (κ2) is 12.1. The monoisotopic (exact) mass is 418 g/mol. The summed E-state index contributed by atoms with van der Waals surface area (Å²) in [7, 11) is 0. The highest BCUT2D eigenvalue weighted by Gasteiger charge is 2.29. The van der Waals surface area contributed by atoms with Crippen LogP contribution in [0.1, 0.15) is 26.7 Å². The molecule has 162 valence electrons. The number of rotatable bonds is 8. The molecular formula is C19H26N6O5. The topological polar surface area (TPSA) is 169 Å². The van der Waals surface area contributed by atoms with E-state index in [1.807, 2.05) is 26.0 Å². The minimum absolute atomic E-state index is 0.0170. The Balaban J connectivity index is 0.000000479. The van der Waals surface area contributed by atoms with Gasteiger partial charge >= 0.3 is 11.9 Å². The van der Waals surface area contributed by atoms with E-state index in [9.17, 15) is 14.4 Å². The van der Waals surface area contributed by atoms with Crippen molar-refractivity contribution in [1.29, 1.82) is 5.26 Å². The number of carbonyl (C=O) groups excluding carboxylic acids is 1. The highest BCUT2D eigenvalue weighted by Crippen LogP contribution is 2.16. The number of carboxylic acid groups (broad SMARTS) is 2. The molecule has 1 amide bonds. The van der Waals surface area contributed by atoms with Gasteiger partial charge < -0.3 is 25.7 Å². The van der Waals surface area contributed by atoms with Crippen LogP contribution in [0, 0.1) is 11.3 Å². The molecule has 1 aliphatic heterocycles. The van der Waals surface area contributed by atoms with Gasteiger partial charge in [-0.1, -0.05) is 0 Å². The van der Waals surface area contributed by atoms with Gasteiger partial charge in [-0.15, -0.1) is 5.10 Å². The summed E-state index contributed by atoms with van der Waals surface area (Å²) in [6.45, 7) is 5.54. The summed E-state index contributed by atoms with van der Waals surface area (Å²) >= 11 is 0. The molecule has 30 heavy (non-hydrogen) atoms. The van der Waals surface area contributed by atoms with E-state index >= 15 is 0 Å². The maximum absolute atomic E-state index is 12.2. The molecule has 11 heteroatoms. The Morgan fingerprint density at radius 3 is 2.53 bits per heavy atom. The zero-order valence-electron chi connectivity index (χ0n) is 16.9. The van der Waals surface area contributed by atoms with Gasteiger partial charge in [0.05, 0.1) is 12.6 Å². The fourth-order valence-electron chi connectivity index (χ4n) is 2.53. The molecule has 2 rings (SSSR count). The number of amides is 1. The molecule has 1 aliphatic rings. The van der Waals surface area contributed by atoms with E-state index in [1.54, 1.807) is 11.1 Å². The minimum atomic E-state index is -1.26. The molecule has 1 aromatic heterocycles. The summed E-state index contributed by atoms with van der Waals surface area (Å²) in [4.78, 5) is 33.0. The van der Waals surface area contributed by atoms with Crippen molar-refractivity contribution in [1.82, 2.24) is 20.4 Å². The maximum atomic E-state index is 12.2. The Kier molecular flexibility index (Phi) is 9.91. The van der Waals surface area contributed by atoms with Crippen molar-refractivity contribution in [2.75, 3.05) is 25.0 Å². The van der Waals surface area contributed by atoms with Gasteiger partial charge in [0.15, 0.2) is 0 Å². The van der Waals surface area contributed by atoms with E-state index in [0.29, 0.717) is 31.1 Å². The number of anilines is 1. The molecule has 1 atom stereocenters. The fourth-order valence-corrected chi connectivity index (χ4v) is 2.53. The van der Waals surface area contributed by atoms with Crippen LogP contribution in [0.15, 0.2) is 30.5 Å². The van der Waals surface area contributed by atoms with Crippen molar-refractivity contribution in [2.45, 2.75) is 38.3 Å². The van der Waals surface area contributed by atoms with E-state index in [-0.39, 0.29) is 24.0 Å². The lowest BCUT2D eigenvalue weighted by molar-refractivity contribution is -0.134. The highest BCUT2D eigenvalue weighted by molar-refractivity contribution is 5.89. The van der Waals surface area contributed by atoms with Crippen molar-refractivity contribution in [3.63, 3.8) is 0 Å². The van der Waals surface area contributed by atoms with Crippen LogP contribution in [0.2, 0.25) is 0 Å². The van der Waals surface area contributed by atoms with Crippen molar-refractivity contribution in [2.24, 2.45) is 0 Å². The van der Waals surface area contributed by atoms with E-state index in [0.717, 1.165) is 12.8 Å². The average molecular weight is 418 g/mol. The predicted octanol–water partition coefficient (Wildman–Crippen LogP) is 0.483. The van der Waals surface area contributed by atoms with Crippen LogP contribution in [0.5, 0.6) is 0 Å². The fraction of sp³-hybridized carbons (Fsp3) is 0.474. The van der Waals surface area contributed by atoms with Crippen LogP contribution >= 0.6 is 0 Å². The smallest absolute Gasteiger partial charge is 0.328 e. The first-order valence-corrected chi connectivity index (χ1v) is 9.24. The van der Waals surface area contributed by atoms with Gasteiger partial charge in [-0.25, -0.2) is 9.59 Å². The van der Waals surface area contributed by atoms with E-state index in [2.05, 4.69) is 26.9 Å². The third-order valence-corrected chi connectivity index (χ3v) is 4.09. The zero-order chi connectivity index (χ0) is 22.6. The molecule has 0 bridgehead atoms. The largest absolute Gasteiger partial charge is 0.478 e. The van der Waals surface area contributed by atoms with Crippen molar-refractivity contribution in [3.8, 4) is 6.07 Å². The van der Waals surface area contributed by atoms with E-state index < -0.39 is 11.9 Å². The first-order chi connectivity index (χ1) is 14.1. The quantitative estimate of drug-likeness (QED) is 0.436. The molecule has 1 saturated heterocycles. The molecule has 2 heterocycles. The van der Waals surface area contributed by atoms with Crippen LogP contribution in [-0.2, 0) is 14.4 Å². The number of hydrogen-bond donors (Lipinski definition) is 4. The van der Waals surface area contributed by atoms with Crippen LogP contribution in [-0.4, -0.2) is 74.4 Å². The summed E-state index contributed by atoms with van der Waals surface area (Å²) in [5.41, 5.74) is -0.283. The Morgan fingerprint density at radius 2 is 2.00 bits per heavy atom. The summed E-state index contributed by atoms with van der Waals surface area (Å²) in [5, 5.41) is 38.9. The summed E-state index contributed by atoms with van der Waals surface area (Å²) in [5.74, 6) is -1.83. The molecule has 1 aromatic rings. The van der Waals surface area contributed by atoms with Crippen LogP contribution in [0.25, 0.3) is 0 Å². The van der Waals surface area contributed by atoms with Gasteiger partial charge in [0, 0.05) is 37.0 Å². The standard InChI is InChI=1S/C15H22N6O.C4H4O4/c1-15(2,11-17-13-6-3-7-19-20-13)18-10-14(22)21-8-4-5-12(21)9-16;5-3(6)1-2-4(7)8/h3,6-7,12,18H,4-5,8,10-11H2,1-2H3,(H,17,20);1-2H,(H,5,6)(H,7,8)/b;2-1+/t12-;/m0./s1. The Morgan fingerprint density at radius 1 is 1.33 bits per heavy atom. The van der Waals surface area contributed by atoms with Crippen LogP contribution in [0.4, 0.5) is 5.82 Å². The van der Waals surface area contributed by atoms with Gasteiger partial charge in [-0.2, -0.15) is 10.4 Å². The lowest BCUT2D eigenvalue weighted by Crippen LogP contribution is -2.50. The highest BCUT2D eigenvalue weighted by atomic mass is 16.4. The van der Waals surface area contributed by atoms with Gasteiger partial charge in [0.2, 0.25) is 5.91 Å². The predicted molar refractivity (Wildman–Crippen MR) is 107 cm³/mol. The molecule has 4 N–H and O–H groups in total. The van der Waals surface area contributed by atoms with Crippen LogP contribution in [0.3, 0.4) is 0 Å². The summed E-state index contributed by atoms with van der Waals surface area (Å²) < 4.78 is 0. The van der Waals surface area contributed by atoms with Gasteiger partial charge in [0.25, 0.3) is 0 Å². The lowest BCUT2D eigenvalue weighted by atomic mass is 10.1. The Labute approximate surface area is 174 Å². The third kappa shape index (κ3) is 9.61. The number of aliphatic carboxylic acids is 2. The van der Waals surface area contributed by atoms with Crippen molar-refractivity contribution in [3.05, 3.63) is 30.5 Å². The first kappa shape index (κ1) is 24.5. The number of nitrogens with zero attached hydrogens (tertiary/aromatic N) is 4. The van der Waals surface area contributed by atoms with Gasteiger partial charge in [-0.05, 0) is 38.8 Å². The normalized spacial score (nSPS) is 15.8. The Hall–Kier alpha value is -3.52. The number of hydrogen-bond acceptors (Lipinski definition) is 8. The van der Waals surface area contributed by atoms with Gasteiger partial charge in [0.1, 0.15) is 11.9 Å².